The lowest BCUT2D eigenvalue weighted by molar-refractivity contribution is -0.141. The molecule has 1 heterocycles. The van der Waals surface area contributed by atoms with Gasteiger partial charge < -0.3 is 10.4 Å². The Morgan fingerprint density at radius 2 is 1.76 bits per heavy atom. The van der Waals surface area contributed by atoms with E-state index in [0.29, 0.717) is 58.7 Å². The summed E-state index contributed by atoms with van der Waals surface area (Å²) < 4.78 is 0. The molecule has 1 amide bonds. The first-order valence-corrected chi connectivity index (χ1v) is 12.3. The molecule has 4 rings (SSSR count). The number of benzene rings is 3. The highest BCUT2D eigenvalue weighted by atomic mass is 35.5. The molecule has 1 atom stereocenters. The molecule has 3 aromatic carbocycles. The summed E-state index contributed by atoms with van der Waals surface area (Å²) in [6.07, 6.45) is 1.71. The smallest absolute Gasteiger partial charge is 0.306 e. The van der Waals surface area contributed by atoms with Gasteiger partial charge in [0.05, 0.1) is 40.0 Å². The van der Waals surface area contributed by atoms with Crippen molar-refractivity contribution in [2.24, 2.45) is 5.92 Å². The number of nitriles is 1. The predicted octanol–water partition coefficient (Wildman–Crippen LogP) is 5.80. The molecule has 2 N–H and O–H groups in total. The van der Waals surface area contributed by atoms with E-state index in [1.807, 2.05) is 12.1 Å². The van der Waals surface area contributed by atoms with Crippen LogP contribution in [0.25, 0.3) is 22.3 Å². The van der Waals surface area contributed by atoms with Gasteiger partial charge in [-0.2, -0.15) is 5.26 Å². The molecule has 8 heteroatoms. The lowest BCUT2D eigenvalue weighted by atomic mass is 10.0. The number of aliphatic carboxylic acids is 1. The number of rotatable bonds is 9. The minimum absolute atomic E-state index is 0.244. The van der Waals surface area contributed by atoms with Gasteiger partial charge >= 0.3 is 5.97 Å². The molecule has 7 nitrogen and oxygen atoms in total. The van der Waals surface area contributed by atoms with Gasteiger partial charge in [0.1, 0.15) is 0 Å². The van der Waals surface area contributed by atoms with Crippen molar-refractivity contribution in [1.29, 1.82) is 5.26 Å². The molecular weight excluding hydrogens is 488 g/mol. The van der Waals surface area contributed by atoms with E-state index in [1.165, 1.54) is 0 Å². The van der Waals surface area contributed by atoms with Crippen molar-refractivity contribution >= 4 is 34.5 Å². The maximum absolute atomic E-state index is 12.8. The van der Waals surface area contributed by atoms with E-state index in [1.54, 1.807) is 61.5 Å². The summed E-state index contributed by atoms with van der Waals surface area (Å²) in [6.45, 7) is 2.02. The van der Waals surface area contributed by atoms with Gasteiger partial charge in [0.2, 0.25) is 0 Å². The average Bonchev–Trinajstić information content (AvgIpc) is 2.91. The Balaban J connectivity index is 1.59. The minimum Gasteiger partial charge on any atom is -0.481 e. The predicted molar refractivity (Wildman–Crippen MR) is 142 cm³/mol. The Labute approximate surface area is 219 Å². The van der Waals surface area contributed by atoms with Gasteiger partial charge in [-0.1, -0.05) is 42.8 Å². The number of carboxylic acids is 1. The second-order valence-corrected chi connectivity index (χ2v) is 9.29. The van der Waals surface area contributed by atoms with Gasteiger partial charge in [0.25, 0.3) is 5.91 Å². The van der Waals surface area contributed by atoms with E-state index in [4.69, 9.17) is 26.8 Å². The third-order valence-corrected chi connectivity index (χ3v) is 6.38. The number of carboxylic acid groups (broad SMARTS) is 1. The molecule has 4 aromatic rings. The number of fused-ring (bicyclic) bond motifs is 1. The van der Waals surface area contributed by atoms with E-state index in [-0.39, 0.29) is 5.91 Å². The van der Waals surface area contributed by atoms with Crippen LogP contribution in [0.4, 0.5) is 0 Å². The highest BCUT2D eigenvalue weighted by Crippen LogP contribution is 2.27. The molecule has 0 spiro atoms. The van der Waals surface area contributed by atoms with Crippen LogP contribution < -0.4 is 5.32 Å². The fraction of sp³-hybridized carbons (Fsp3) is 0.207. The zero-order valence-corrected chi connectivity index (χ0v) is 21.0. The standard InChI is InChI=1S/C29H25ClN4O3/c1-18(29(36)37)3-2-4-25-27(21-9-12-23(30)13-10-21)34-24-14-11-22(15-26(24)33-25)28(35)32-17-20-7-5-19(16-31)6-8-20/h5-15,18H,2-4,17H2,1H3,(H,32,35)(H,36,37). The average molecular weight is 513 g/mol. The minimum atomic E-state index is -0.820. The zero-order chi connectivity index (χ0) is 26.4. The Bertz CT molecular complexity index is 1480. The first-order chi connectivity index (χ1) is 17.8. The monoisotopic (exact) mass is 512 g/mol. The van der Waals surface area contributed by atoms with Gasteiger partial charge in [-0.15, -0.1) is 0 Å². The lowest BCUT2D eigenvalue weighted by Crippen LogP contribution is -2.22. The molecule has 0 saturated heterocycles. The molecule has 0 aliphatic heterocycles. The number of aryl methyl sites for hydroxylation is 1. The number of carbonyl (C=O) groups excluding carboxylic acids is 1. The molecule has 0 fully saturated rings. The number of carbonyl (C=O) groups is 2. The molecule has 0 radical (unpaired) electrons. The lowest BCUT2D eigenvalue weighted by Gasteiger charge is -2.12. The first kappa shape index (κ1) is 25.8. The number of aromatic nitrogens is 2. The maximum atomic E-state index is 12.8. The van der Waals surface area contributed by atoms with Crippen LogP contribution in [0, 0.1) is 17.2 Å². The Morgan fingerprint density at radius 1 is 1.03 bits per heavy atom. The molecule has 0 aliphatic carbocycles. The van der Waals surface area contributed by atoms with E-state index < -0.39 is 11.9 Å². The van der Waals surface area contributed by atoms with Crippen molar-refractivity contribution in [2.45, 2.75) is 32.7 Å². The van der Waals surface area contributed by atoms with Crippen LogP contribution in [0.2, 0.25) is 5.02 Å². The molecule has 1 aromatic heterocycles. The van der Waals surface area contributed by atoms with Crippen LogP contribution in [0.1, 0.15) is 46.9 Å². The molecule has 0 saturated carbocycles. The van der Waals surface area contributed by atoms with Gasteiger partial charge in [-0.05, 0) is 67.3 Å². The molecule has 0 bridgehead atoms. The summed E-state index contributed by atoms with van der Waals surface area (Å²) in [6, 6.07) is 21.7. The second kappa shape index (κ2) is 11.6. The van der Waals surface area contributed by atoms with Crippen LogP contribution in [-0.4, -0.2) is 27.0 Å². The summed E-state index contributed by atoms with van der Waals surface area (Å²) in [7, 11) is 0. The number of hydrogen-bond donors (Lipinski definition) is 2. The normalized spacial score (nSPS) is 11.6. The maximum Gasteiger partial charge on any atom is 0.306 e. The van der Waals surface area contributed by atoms with E-state index in [9.17, 15) is 14.7 Å². The fourth-order valence-electron chi connectivity index (χ4n) is 3.93. The molecule has 0 aliphatic rings. The van der Waals surface area contributed by atoms with Crippen LogP contribution in [0.5, 0.6) is 0 Å². The first-order valence-electron chi connectivity index (χ1n) is 11.9. The van der Waals surface area contributed by atoms with Gasteiger partial charge in [0, 0.05) is 22.7 Å². The third-order valence-electron chi connectivity index (χ3n) is 6.12. The highest BCUT2D eigenvalue weighted by Gasteiger charge is 2.16. The zero-order valence-electron chi connectivity index (χ0n) is 20.2. The Morgan fingerprint density at radius 3 is 2.43 bits per heavy atom. The van der Waals surface area contributed by atoms with Gasteiger partial charge in [-0.25, -0.2) is 9.97 Å². The van der Waals surface area contributed by atoms with E-state index in [0.717, 1.165) is 16.8 Å². The topological polar surface area (TPSA) is 116 Å². The number of hydrogen-bond acceptors (Lipinski definition) is 5. The number of halogens is 1. The summed E-state index contributed by atoms with van der Waals surface area (Å²) in [4.78, 5) is 33.7. The van der Waals surface area contributed by atoms with E-state index in [2.05, 4.69) is 11.4 Å². The molecular formula is C29H25ClN4O3. The summed E-state index contributed by atoms with van der Waals surface area (Å²) in [5.41, 5.74) is 5.46. The van der Waals surface area contributed by atoms with Crippen molar-refractivity contribution in [3.63, 3.8) is 0 Å². The van der Waals surface area contributed by atoms with Gasteiger partial charge in [0.15, 0.2) is 0 Å². The third kappa shape index (κ3) is 6.49. The van der Waals surface area contributed by atoms with Crippen LogP contribution in [-0.2, 0) is 17.8 Å². The number of nitrogens with one attached hydrogen (secondary N) is 1. The Hall–Kier alpha value is -4.28. The Kier molecular flexibility index (Phi) is 8.11. The van der Waals surface area contributed by atoms with Crippen LogP contribution >= 0.6 is 11.6 Å². The number of amides is 1. The van der Waals surface area contributed by atoms with Crippen molar-refractivity contribution in [3.05, 3.63) is 94.1 Å². The number of nitrogens with zero attached hydrogens (tertiary/aromatic N) is 3. The second-order valence-electron chi connectivity index (χ2n) is 8.85. The highest BCUT2D eigenvalue weighted by molar-refractivity contribution is 6.30. The largest absolute Gasteiger partial charge is 0.481 e. The van der Waals surface area contributed by atoms with Crippen LogP contribution in [0.15, 0.2) is 66.7 Å². The van der Waals surface area contributed by atoms with Crippen molar-refractivity contribution in [3.8, 4) is 17.3 Å². The van der Waals surface area contributed by atoms with Crippen LogP contribution in [0.3, 0.4) is 0 Å². The molecule has 186 valence electrons. The van der Waals surface area contributed by atoms with Gasteiger partial charge in [-0.3, -0.25) is 9.59 Å². The molecule has 37 heavy (non-hydrogen) atoms. The SMILES string of the molecule is CC(CCCc1nc2cc(C(=O)NCc3ccc(C#N)cc3)ccc2nc1-c1ccc(Cl)cc1)C(=O)O. The summed E-state index contributed by atoms with van der Waals surface area (Å²) in [5, 5.41) is 21.6. The van der Waals surface area contributed by atoms with E-state index >= 15 is 0 Å². The van der Waals surface area contributed by atoms with Crippen molar-refractivity contribution < 1.29 is 14.7 Å². The van der Waals surface area contributed by atoms with Crippen molar-refractivity contribution in [1.82, 2.24) is 15.3 Å². The quantitative estimate of drug-likeness (QED) is 0.293. The summed E-state index contributed by atoms with van der Waals surface area (Å²) >= 11 is 6.07. The molecule has 1 unspecified atom stereocenters. The fourth-order valence-corrected chi connectivity index (χ4v) is 4.05. The van der Waals surface area contributed by atoms with Crippen molar-refractivity contribution in [2.75, 3.05) is 0 Å². The summed E-state index contributed by atoms with van der Waals surface area (Å²) in [5.74, 6) is -1.51.